The van der Waals surface area contributed by atoms with Crippen LogP contribution < -0.4 is 10.6 Å². The molecule has 0 amide bonds. The average molecular weight is 476 g/mol. The summed E-state index contributed by atoms with van der Waals surface area (Å²) in [4.78, 5) is 30.1. The van der Waals surface area contributed by atoms with Crippen molar-refractivity contribution in [3.63, 3.8) is 0 Å². The molecule has 0 spiro atoms. The lowest BCUT2D eigenvalue weighted by Gasteiger charge is -2.05. The highest BCUT2D eigenvalue weighted by atomic mass is 32.1. The van der Waals surface area contributed by atoms with Crippen molar-refractivity contribution in [2.75, 3.05) is 18.4 Å². The van der Waals surface area contributed by atoms with Gasteiger partial charge >= 0.3 is 0 Å². The molecule has 0 atom stereocenters. The average Bonchev–Trinajstić information content (AvgIpc) is 3.51. The number of rotatable bonds is 10. The number of halogens is 1. The molecule has 34 heavy (non-hydrogen) atoms. The summed E-state index contributed by atoms with van der Waals surface area (Å²) < 4.78 is 13.8. The molecule has 5 heterocycles. The van der Waals surface area contributed by atoms with E-state index in [1.54, 1.807) is 18.5 Å². The van der Waals surface area contributed by atoms with Crippen molar-refractivity contribution < 1.29 is 4.39 Å². The SMILES string of the molecule is Fc1cccnc1CNc1ncnc2sc(CCNCCc3ncc(-c4cccnc4)[nH]3)nc12. The molecule has 0 unspecified atom stereocenters. The topological polar surface area (TPSA) is 117 Å². The molecular formula is C23H22FN9S. The summed E-state index contributed by atoms with van der Waals surface area (Å²) in [5, 5.41) is 7.53. The Bertz CT molecular complexity index is 1370. The van der Waals surface area contributed by atoms with Gasteiger partial charge in [0.05, 0.1) is 29.1 Å². The summed E-state index contributed by atoms with van der Waals surface area (Å²) in [5.41, 5.74) is 3.01. The predicted molar refractivity (Wildman–Crippen MR) is 129 cm³/mol. The molecule has 0 saturated carbocycles. The second kappa shape index (κ2) is 10.4. The summed E-state index contributed by atoms with van der Waals surface area (Å²) in [5.74, 6) is 1.16. The number of fused-ring (bicyclic) bond motifs is 1. The van der Waals surface area contributed by atoms with Gasteiger partial charge in [0.25, 0.3) is 0 Å². The fourth-order valence-electron chi connectivity index (χ4n) is 3.43. The van der Waals surface area contributed by atoms with E-state index in [0.717, 1.165) is 52.9 Å². The van der Waals surface area contributed by atoms with Crippen molar-refractivity contribution in [2.45, 2.75) is 19.4 Å². The van der Waals surface area contributed by atoms with Gasteiger partial charge in [-0.3, -0.25) is 9.97 Å². The van der Waals surface area contributed by atoms with E-state index >= 15 is 0 Å². The van der Waals surface area contributed by atoms with Gasteiger partial charge in [0.15, 0.2) is 5.82 Å². The van der Waals surface area contributed by atoms with Gasteiger partial charge in [-0.15, -0.1) is 0 Å². The standard InChI is InChI=1S/C23H22FN9S/c24-16-4-2-8-27-18(16)13-29-22-21-23(31-14-30-22)34-20(33-21)6-10-25-9-5-19-28-12-17(32-19)15-3-1-7-26-11-15/h1-4,7-8,11-12,14,25H,5-6,9-10,13H2,(H,28,32)(H,29,30,31). The number of pyridine rings is 2. The summed E-state index contributed by atoms with van der Waals surface area (Å²) in [7, 11) is 0. The highest BCUT2D eigenvalue weighted by Gasteiger charge is 2.12. The van der Waals surface area contributed by atoms with E-state index in [1.165, 1.54) is 23.7 Å². The monoisotopic (exact) mass is 475 g/mol. The van der Waals surface area contributed by atoms with Gasteiger partial charge in [0, 0.05) is 50.1 Å². The first-order valence-corrected chi connectivity index (χ1v) is 11.7. The number of nitrogens with zero attached hydrogens (tertiary/aromatic N) is 6. The Balaban J connectivity index is 1.12. The van der Waals surface area contributed by atoms with Crippen LogP contribution in [-0.4, -0.2) is 48.0 Å². The quantitative estimate of drug-likeness (QED) is 0.263. The smallest absolute Gasteiger partial charge is 0.157 e. The van der Waals surface area contributed by atoms with E-state index in [2.05, 4.69) is 40.5 Å². The number of imidazole rings is 1. The van der Waals surface area contributed by atoms with Crippen LogP contribution in [-0.2, 0) is 19.4 Å². The zero-order chi connectivity index (χ0) is 23.2. The van der Waals surface area contributed by atoms with Crippen molar-refractivity contribution in [2.24, 2.45) is 0 Å². The van der Waals surface area contributed by atoms with Gasteiger partial charge in [-0.2, -0.15) is 0 Å². The van der Waals surface area contributed by atoms with Crippen molar-refractivity contribution >= 4 is 27.5 Å². The van der Waals surface area contributed by atoms with Gasteiger partial charge in [0.2, 0.25) is 0 Å². The minimum atomic E-state index is -0.354. The maximum Gasteiger partial charge on any atom is 0.157 e. The number of aromatic amines is 1. The van der Waals surface area contributed by atoms with Crippen LogP contribution in [0.5, 0.6) is 0 Å². The third-order valence-corrected chi connectivity index (χ3v) is 6.18. The van der Waals surface area contributed by atoms with Gasteiger partial charge in [-0.05, 0) is 24.3 Å². The molecule has 11 heteroatoms. The van der Waals surface area contributed by atoms with E-state index < -0.39 is 0 Å². The van der Waals surface area contributed by atoms with Crippen LogP contribution in [0.15, 0.2) is 55.4 Å². The molecule has 5 rings (SSSR count). The normalized spacial score (nSPS) is 11.2. The van der Waals surface area contributed by atoms with E-state index in [4.69, 9.17) is 4.98 Å². The molecule has 0 aromatic carbocycles. The molecule has 0 saturated heterocycles. The van der Waals surface area contributed by atoms with Crippen LogP contribution in [0.1, 0.15) is 16.5 Å². The second-order valence-corrected chi connectivity index (χ2v) is 8.57. The largest absolute Gasteiger partial charge is 0.362 e. The van der Waals surface area contributed by atoms with Crippen molar-refractivity contribution in [1.82, 2.24) is 40.2 Å². The minimum Gasteiger partial charge on any atom is -0.362 e. The maximum atomic E-state index is 13.8. The minimum absolute atomic E-state index is 0.225. The molecule has 172 valence electrons. The summed E-state index contributed by atoms with van der Waals surface area (Å²) in [6.07, 6.45) is 10.0. The number of thiazole rings is 1. The number of nitrogens with one attached hydrogen (secondary N) is 3. The molecule has 0 aliphatic heterocycles. The maximum absolute atomic E-state index is 13.8. The fourth-order valence-corrected chi connectivity index (χ4v) is 4.34. The van der Waals surface area contributed by atoms with Crippen molar-refractivity contribution in [3.05, 3.63) is 77.7 Å². The molecule has 0 fully saturated rings. The van der Waals surface area contributed by atoms with Crippen LogP contribution in [0.4, 0.5) is 10.2 Å². The Morgan fingerprint density at radius 2 is 1.88 bits per heavy atom. The molecule has 0 bridgehead atoms. The zero-order valence-corrected chi connectivity index (χ0v) is 19.0. The number of hydrogen-bond donors (Lipinski definition) is 3. The molecule has 9 nitrogen and oxygen atoms in total. The number of anilines is 1. The molecule has 0 aliphatic rings. The van der Waals surface area contributed by atoms with Gasteiger partial charge < -0.3 is 15.6 Å². The lowest BCUT2D eigenvalue weighted by atomic mass is 10.2. The first kappa shape index (κ1) is 22.0. The lowest BCUT2D eigenvalue weighted by Crippen LogP contribution is -2.20. The van der Waals surface area contributed by atoms with Gasteiger partial charge in [-0.1, -0.05) is 11.3 Å². The van der Waals surface area contributed by atoms with Crippen LogP contribution in [0, 0.1) is 5.82 Å². The van der Waals surface area contributed by atoms with E-state index in [1.807, 2.05) is 24.5 Å². The lowest BCUT2D eigenvalue weighted by molar-refractivity contribution is 0.602. The Kier molecular flexibility index (Phi) is 6.73. The van der Waals surface area contributed by atoms with Crippen molar-refractivity contribution in [3.8, 4) is 11.3 Å². The van der Waals surface area contributed by atoms with Crippen LogP contribution in [0.25, 0.3) is 21.6 Å². The van der Waals surface area contributed by atoms with E-state index in [9.17, 15) is 4.39 Å². The van der Waals surface area contributed by atoms with E-state index in [-0.39, 0.29) is 12.4 Å². The molecule has 5 aromatic rings. The second-order valence-electron chi connectivity index (χ2n) is 7.50. The van der Waals surface area contributed by atoms with Crippen LogP contribution in [0.2, 0.25) is 0 Å². The molecule has 0 radical (unpaired) electrons. The van der Waals surface area contributed by atoms with Gasteiger partial charge in [-0.25, -0.2) is 24.3 Å². The number of H-pyrrole nitrogens is 1. The third kappa shape index (κ3) is 5.21. The Labute approximate surface area is 199 Å². The molecule has 0 aliphatic carbocycles. The first-order chi connectivity index (χ1) is 16.8. The molecule has 3 N–H and O–H groups in total. The third-order valence-electron chi connectivity index (χ3n) is 5.15. The zero-order valence-electron chi connectivity index (χ0n) is 18.2. The van der Waals surface area contributed by atoms with Crippen LogP contribution in [0.3, 0.4) is 0 Å². The van der Waals surface area contributed by atoms with E-state index in [0.29, 0.717) is 17.0 Å². The fraction of sp³-hybridized carbons (Fsp3) is 0.217. The Hall–Kier alpha value is -3.83. The highest BCUT2D eigenvalue weighted by Crippen LogP contribution is 2.25. The summed E-state index contributed by atoms with van der Waals surface area (Å²) >= 11 is 1.54. The Morgan fingerprint density at radius 3 is 2.76 bits per heavy atom. The summed E-state index contributed by atoms with van der Waals surface area (Å²) in [6.45, 7) is 1.81. The number of aromatic nitrogens is 7. The molecular weight excluding hydrogens is 453 g/mol. The number of hydrogen-bond acceptors (Lipinski definition) is 9. The predicted octanol–water partition coefficient (Wildman–Crippen LogP) is 3.39. The highest BCUT2D eigenvalue weighted by molar-refractivity contribution is 7.18. The first-order valence-electron chi connectivity index (χ1n) is 10.8. The van der Waals surface area contributed by atoms with Crippen LogP contribution >= 0.6 is 11.3 Å². The van der Waals surface area contributed by atoms with Crippen molar-refractivity contribution in [1.29, 1.82) is 0 Å². The molecule has 5 aromatic heterocycles. The van der Waals surface area contributed by atoms with Gasteiger partial charge in [0.1, 0.15) is 28.3 Å². The summed E-state index contributed by atoms with van der Waals surface area (Å²) in [6, 6.07) is 6.86. The Morgan fingerprint density at radius 1 is 0.971 bits per heavy atom.